The highest BCUT2D eigenvalue weighted by molar-refractivity contribution is 7.07. The number of imidazole rings is 1. The lowest BCUT2D eigenvalue weighted by Crippen LogP contribution is -2.34. The molecule has 0 spiro atoms. The number of thiazole rings is 1. The number of fused-ring (bicyclic) bond motifs is 2. The number of aryl methyl sites for hydroxylation is 1. The van der Waals surface area contributed by atoms with Crippen LogP contribution in [0.3, 0.4) is 0 Å². The summed E-state index contributed by atoms with van der Waals surface area (Å²) >= 11 is 1.47. The molecule has 128 valence electrons. The first-order valence-electron chi connectivity index (χ1n) is 8.54. The molecule has 2 aliphatic heterocycles. The van der Waals surface area contributed by atoms with Gasteiger partial charge in [-0.1, -0.05) is 12.1 Å². The first-order chi connectivity index (χ1) is 12.2. The van der Waals surface area contributed by atoms with Gasteiger partial charge in [-0.05, 0) is 12.1 Å². The van der Waals surface area contributed by atoms with Gasteiger partial charge in [-0.3, -0.25) is 4.79 Å². The van der Waals surface area contributed by atoms with Crippen LogP contribution >= 0.6 is 11.3 Å². The third kappa shape index (κ3) is 2.33. The van der Waals surface area contributed by atoms with Crippen molar-refractivity contribution in [1.82, 2.24) is 19.4 Å². The molecule has 0 N–H and O–H groups in total. The van der Waals surface area contributed by atoms with E-state index >= 15 is 0 Å². The number of benzene rings is 1. The van der Waals surface area contributed by atoms with Crippen molar-refractivity contribution < 1.29 is 4.79 Å². The fourth-order valence-corrected chi connectivity index (χ4v) is 4.74. The summed E-state index contributed by atoms with van der Waals surface area (Å²) in [4.78, 5) is 25.8. The van der Waals surface area contributed by atoms with Crippen molar-refractivity contribution in [3.63, 3.8) is 0 Å². The summed E-state index contributed by atoms with van der Waals surface area (Å²) in [5.41, 5.74) is 4.50. The lowest BCUT2D eigenvalue weighted by molar-refractivity contribution is 0.0777. The lowest BCUT2D eigenvalue weighted by Gasteiger charge is -2.22. The Hall–Kier alpha value is -2.41. The second kappa shape index (κ2) is 5.56. The van der Waals surface area contributed by atoms with E-state index in [9.17, 15) is 4.79 Å². The van der Waals surface area contributed by atoms with Crippen molar-refractivity contribution in [1.29, 1.82) is 0 Å². The Morgan fingerprint density at radius 3 is 2.60 bits per heavy atom. The van der Waals surface area contributed by atoms with Gasteiger partial charge in [0, 0.05) is 50.4 Å². The number of likely N-dealkylation sites (tertiary alicyclic amines) is 1. The quantitative estimate of drug-likeness (QED) is 0.709. The average molecular weight is 353 g/mol. The number of nitrogens with zero attached hydrogens (tertiary/aromatic N) is 5. The summed E-state index contributed by atoms with van der Waals surface area (Å²) in [5.74, 6) is 2.14. The van der Waals surface area contributed by atoms with E-state index in [0.717, 1.165) is 43.2 Å². The Balaban J connectivity index is 1.33. The van der Waals surface area contributed by atoms with Crippen LogP contribution in [-0.2, 0) is 7.05 Å². The fourth-order valence-electron chi connectivity index (χ4n) is 4.22. The topological polar surface area (TPSA) is 54.3 Å². The van der Waals surface area contributed by atoms with Gasteiger partial charge in [0.05, 0.1) is 16.5 Å². The van der Waals surface area contributed by atoms with Gasteiger partial charge in [-0.2, -0.15) is 0 Å². The number of para-hydroxylation sites is 2. The Morgan fingerprint density at radius 2 is 1.92 bits per heavy atom. The normalized spacial score (nSPS) is 22.8. The molecule has 2 aromatic heterocycles. The highest BCUT2D eigenvalue weighted by atomic mass is 32.1. The van der Waals surface area contributed by atoms with Crippen LogP contribution < -0.4 is 4.90 Å². The summed E-state index contributed by atoms with van der Waals surface area (Å²) in [7, 11) is 2.08. The zero-order valence-corrected chi connectivity index (χ0v) is 14.8. The molecule has 1 aromatic carbocycles. The van der Waals surface area contributed by atoms with Gasteiger partial charge >= 0.3 is 0 Å². The van der Waals surface area contributed by atoms with Crippen molar-refractivity contribution in [2.24, 2.45) is 18.9 Å². The minimum Gasteiger partial charge on any atom is -0.342 e. The molecule has 0 aliphatic carbocycles. The summed E-state index contributed by atoms with van der Waals surface area (Å²) < 4.78 is 2.18. The highest BCUT2D eigenvalue weighted by Crippen LogP contribution is 2.35. The molecule has 0 bridgehead atoms. The van der Waals surface area contributed by atoms with Crippen LogP contribution in [-0.4, -0.2) is 51.5 Å². The van der Waals surface area contributed by atoms with Gasteiger partial charge in [0.15, 0.2) is 0 Å². The fraction of sp³-hybridized carbons (Fsp3) is 0.389. The molecule has 6 nitrogen and oxygen atoms in total. The van der Waals surface area contributed by atoms with Gasteiger partial charge < -0.3 is 14.4 Å². The van der Waals surface area contributed by atoms with Crippen molar-refractivity contribution in [3.05, 3.63) is 40.8 Å². The van der Waals surface area contributed by atoms with Crippen LogP contribution in [0, 0.1) is 11.8 Å². The number of carbonyl (C=O) groups excluding carboxylic acids is 1. The second-order valence-corrected chi connectivity index (χ2v) is 7.69. The number of amides is 1. The van der Waals surface area contributed by atoms with Crippen molar-refractivity contribution >= 4 is 34.2 Å². The van der Waals surface area contributed by atoms with E-state index in [-0.39, 0.29) is 5.91 Å². The molecule has 0 saturated carbocycles. The molecule has 1 amide bonds. The van der Waals surface area contributed by atoms with Gasteiger partial charge in [-0.15, -0.1) is 11.3 Å². The molecule has 2 atom stereocenters. The van der Waals surface area contributed by atoms with Gasteiger partial charge in [0.1, 0.15) is 5.69 Å². The Bertz CT molecular complexity index is 920. The maximum Gasteiger partial charge on any atom is 0.273 e. The average Bonchev–Trinajstić information content (AvgIpc) is 3.37. The molecule has 3 aromatic rings. The minimum absolute atomic E-state index is 0.0740. The van der Waals surface area contributed by atoms with E-state index in [0.29, 0.717) is 17.5 Å². The smallest absolute Gasteiger partial charge is 0.273 e. The second-order valence-electron chi connectivity index (χ2n) is 6.97. The minimum atomic E-state index is 0.0740. The molecular weight excluding hydrogens is 334 g/mol. The maximum atomic E-state index is 12.5. The molecule has 5 rings (SSSR count). The van der Waals surface area contributed by atoms with E-state index in [1.807, 2.05) is 16.3 Å². The van der Waals surface area contributed by atoms with Crippen LogP contribution in [0.5, 0.6) is 0 Å². The summed E-state index contributed by atoms with van der Waals surface area (Å²) in [5, 5.41) is 1.84. The van der Waals surface area contributed by atoms with Crippen molar-refractivity contribution in [2.75, 3.05) is 31.1 Å². The first kappa shape index (κ1) is 14.9. The van der Waals surface area contributed by atoms with E-state index in [2.05, 4.69) is 39.7 Å². The summed E-state index contributed by atoms with van der Waals surface area (Å²) in [6.07, 6.45) is 0. The molecule has 2 unspecified atom stereocenters. The van der Waals surface area contributed by atoms with Crippen LogP contribution in [0.25, 0.3) is 11.0 Å². The number of hydrogen-bond acceptors (Lipinski definition) is 5. The third-order valence-electron chi connectivity index (χ3n) is 5.47. The maximum absolute atomic E-state index is 12.5. The van der Waals surface area contributed by atoms with Gasteiger partial charge in [-0.25, -0.2) is 9.97 Å². The SMILES string of the molecule is Cn1c(N2CC3CN(C(=O)c4cscn4)CC3C2)nc2ccccc21. The Morgan fingerprint density at radius 1 is 1.16 bits per heavy atom. The molecule has 25 heavy (non-hydrogen) atoms. The van der Waals surface area contributed by atoms with Crippen LogP contribution in [0.15, 0.2) is 35.2 Å². The number of carbonyl (C=O) groups is 1. The van der Waals surface area contributed by atoms with E-state index in [4.69, 9.17) is 4.98 Å². The highest BCUT2D eigenvalue weighted by Gasteiger charge is 2.43. The van der Waals surface area contributed by atoms with Crippen molar-refractivity contribution in [2.45, 2.75) is 0 Å². The Kier molecular flexibility index (Phi) is 3.31. The largest absolute Gasteiger partial charge is 0.342 e. The lowest BCUT2D eigenvalue weighted by atomic mass is 10.0. The zero-order valence-electron chi connectivity index (χ0n) is 14.0. The summed E-state index contributed by atoms with van der Waals surface area (Å²) in [6.45, 7) is 3.56. The molecule has 2 aliphatic rings. The monoisotopic (exact) mass is 353 g/mol. The third-order valence-corrected chi connectivity index (χ3v) is 6.06. The molecule has 2 fully saturated rings. The summed E-state index contributed by atoms with van der Waals surface area (Å²) in [6, 6.07) is 8.25. The van der Waals surface area contributed by atoms with E-state index in [1.165, 1.54) is 11.3 Å². The van der Waals surface area contributed by atoms with E-state index in [1.54, 1.807) is 5.51 Å². The number of anilines is 1. The molecule has 2 saturated heterocycles. The zero-order chi connectivity index (χ0) is 17.0. The van der Waals surface area contributed by atoms with Crippen LogP contribution in [0.4, 0.5) is 5.95 Å². The first-order valence-corrected chi connectivity index (χ1v) is 9.49. The molecule has 7 heteroatoms. The molecular formula is C18H19N5OS. The number of rotatable bonds is 2. The molecule has 4 heterocycles. The van der Waals surface area contributed by atoms with Gasteiger partial charge in [0.25, 0.3) is 5.91 Å². The predicted octanol–water partition coefficient (Wildman–Crippen LogP) is 2.24. The van der Waals surface area contributed by atoms with Crippen LogP contribution in [0.1, 0.15) is 10.5 Å². The Labute approximate surface area is 149 Å². The van der Waals surface area contributed by atoms with Gasteiger partial charge in [0.2, 0.25) is 5.95 Å². The number of aromatic nitrogens is 3. The van der Waals surface area contributed by atoms with Crippen molar-refractivity contribution in [3.8, 4) is 0 Å². The van der Waals surface area contributed by atoms with Crippen LogP contribution in [0.2, 0.25) is 0 Å². The number of hydrogen-bond donors (Lipinski definition) is 0. The standard InChI is InChI=1S/C18H19N5OS/c1-21-16-5-3-2-4-14(16)20-18(21)23-8-12-6-22(7-13(12)9-23)17(24)15-10-25-11-19-15/h2-5,10-13H,6-9H2,1H3. The predicted molar refractivity (Wildman–Crippen MR) is 97.9 cm³/mol. The molecule has 0 radical (unpaired) electrons. The van der Waals surface area contributed by atoms with E-state index < -0.39 is 0 Å².